The summed E-state index contributed by atoms with van der Waals surface area (Å²) in [6, 6.07) is 24.6. The first kappa shape index (κ1) is 17.7. The van der Waals surface area contributed by atoms with Crippen LogP contribution in [0.1, 0.15) is 29.7 Å². The van der Waals surface area contributed by atoms with Gasteiger partial charge >= 0.3 is 0 Å². The molecule has 3 aromatic carbocycles. The maximum atomic E-state index is 10.1. The van der Waals surface area contributed by atoms with E-state index in [9.17, 15) is 5.11 Å². The molecule has 3 heteroatoms. The molecule has 0 bridgehead atoms. The van der Waals surface area contributed by atoms with E-state index in [1.807, 2.05) is 43.3 Å². The van der Waals surface area contributed by atoms with Crippen LogP contribution in [-0.4, -0.2) is 5.11 Å². The zero-order valence-corrected chi connectivity index (χ0v) is 15.6. The summed E-state index contributed by atoms with van der Waals surface area (Å²) in [5.41, 5.74) is 3.31. The molecule has 3 rings (SSSR count). The quantitative estimate of drug-likeness (QED) is 0.673. The van der Waals surface area contributed by atoms with Crippen LogP contribution in [0.15, 0.2) is 72.8 Å². The van der Waals surface area contributed by atoms with Gasteiger partial charge in [-0.1, -0.05) is 80.9 Å². The van der Waals surface area contributed by atoms with Crippen LogP contribution in [0, 0.1) is 6.92 Å². The summed E-state index contributed by atoms with van der Waals surface area (Å²) in [7, 11) is 0.446. The number of hydrogen-bond acceptors (Lipinski definition) is 2. The molecule has 0 aromatic heterocycles. The fraction of sp³-hybridized carbons (Fsp3) is 0.182. The molecule has 0 saturated carbocycles. The van der Waals surface area contributed by atoms with Crippen LogP contribution in [0.4, 0.5) is 0 Å². The molecule has 3 aromatic rings. The number of aliphatic hydroxyl groups excluding tert-OH is 1. The third-order valence-corrected chi connectivity index (χ3v) is 5.46. The molecular formula is C22H23O2P. The minimum Gasteiger partial charge on any atom is -0.488 e. The minimum absolute atomic E-state index is 0.446. The molecule has 0 amide bonds. The fourth-order valence-electron chi connectivity index (χ4n) is 2.72. The lowest BCUT2D eigenvalue weighted by atomic mass is 10.1. The van der Waals surface area contributed by atoms with E-state index in [1.165, 1.54) is 0 Å². The highest BCUT2D eigenvalue weighted by atomic mass is 31.1. The van der Waals surface area contributed by atoms with Gasteiger partial charge in [0.05, 0.1) is 6.10 Å². The molecule has 2 unspecified atom stereocenters. The van der Waals surface area contributed by atoms with Gasteiger partial charge in [-0.05, 0) is 36.3 Å². The Labute approximate surface area is 151 Å². The Bertz CT molecular complexity index is 828. The van der Waals surface area contributed by atoms with Crippen molar-refractivity contribution in [2.75, 3.05) is 0 Å². The molecule has 25 heavy (non-hydrogen) atoms. The summed E-state index contributed by atoms with van der Waals surface area (Å²) in [6.07, 6.45) is -0.472. The van der Waals surface area contributed by atoms with Crippen LogP contribution in [0.3, 0.4) is 0 Å². The lowest BCUT2D eigenvalue weighted by Crippen LogP contribution is -2.13. The van der Waals surface area contributed by atoms with Gasteiger partial charge in [-0.25, -0.2) is 0 Å². The van der Waals surface area contributed by atoms with Crippen LogP contribution in [0.2, 0.25) is 0 Å². The van der Waals surface area contributed by atoms with Gasteiger partial charge < -0.3 is 9.84 Å². The zero-order chi connectivity index (χ0) is 17.6. The highest BCUT2D eigenvalue weighted by molar-refractivity contribution is 7.55. The number of rotatable bonds is 6. The van der Waals surface area contributed by atoms with Crippen molar-refractivity contribution in [3.05, 3.63) is 89.5 Å². The van der Waals surface area contributed by atoms with Crippen LogP contribution in [0.25, 0.3) is 0 Å². The summed E-state index contributed by atoms with van der Waals surface area (Å²) in [6.45, 7) is 4.43. The number of aliphatic hydroxyl groups is 1. The molecule has 0 aliphatic heterocycles. The summed E-state index contributed by atoms with van der Waals surface area (Å²) >= 11 is 0. The Morgan fingerprint density at radius 1 is 0.920 bits per heavy atom. The first-order valence-corrected chi connectivity index (χ1v) is 9.45. The molecule has 0 spiro atoms. The smallest absolute Gasteiger partial charge is 0.127 e. The van der Waals surface area contributed by atoms with Crippen LogP contribution >= 0.6 is 8.58 Å². The minimum atomic E-state index is -0.472. The van der Waals surface area contributed by atoms with Crippen LogP contribution in [0.5, 0.6) is 5.75 Å². The largest absolute Gasteiger partial charge is 0.488 e. The Morgan fingerprint density at radius 2 is 1.64 bits per heavy atom. The Kier molecular flexibility index (Phi) is 5.86. The highest BCUT2D eigenvalue weighted by Gasteiger charge is 2.11. The second-order valence-corrected chi connectivity index (χ2v) is 7.49. The first-order chi connectivity index (χ1) is 12.1. The maximum absolute atomic E-state index is 10.1. The SMILES string of the molecule is Cc1ccc(Pc2ccccc2OCc2ccccc2)c(C(C)O)c1. The lowest BCUT2D eigenvalue weighted by Gasteiger charge is -2.16. The average molecular weight is 350 g/mol. The van der Waals surface area contributed by atoms with Crippen LogP contribution < -0.4 is 15.3 Å². The first-order valence-electron chi connectivity index (χ1n) is 8.45. The highest BCUT2D eigenvalue weighted by Crippen LogP contribution is 2.24. The van der Waals surface area contributed by atoms with Crippen molar-refractivity contribution in [2.45, 2.75) is 26.6 Å². The van der Waals surface area contributed by atoms with Crippen LogP contribution in [-0.2, 0) is 6.61 Å². The second kappa shape index (κ2) is 8.29. The topological polar surface area (TPSA) is 29.5 Å². The fourth-order valence-corrected chi connectivity index (χ4v) is 4.06. The van der Waals surface area contributed by atoms with Crippen molar-refractivity contribution >= 4 is 19.2 Å². The zero-order valence-electron chi connectivity index (χ0n) is 14.6. The van der Waals surface area contributed by atoms with Crippen molar-refractivity contribution in [3.63, 3.8) is 0 Å². The van der Waals surface area contributed by atoms with Gasteiger partial charge in [-0.2, -0.15) is 0 Å². The maximum Gasteiger partial charge on any atom is 0.127 e. The number of para-hydroxylation sites is 1. The van der Waals surface area contributed by atoms with E-state index in [1.54, 1.807) is 0 Å². The van der Waals surface area contributed by atoms with E-state index in [0.29, 0.717) is 15.2 Å². The molecule has 2 nitrogen and oxygen atoms in total. The molecular weight excluding hydrogens is 327 g/mol. The number of ether oxygens (including phenoxy) is 1. The van der Waals surface area contributed by atoms with E-state index >= 15 is 0 Å². The molecule has 0 radical (unpaired) electrons. The van der Waals surface area contributed by atoms with Crippen molar-refractivity contribution in [1.82, 2.24) is 0 Å². The second-order valence-electron chi connectivity index (χ2n) is 6.16. The molecule has 0 heterocycles. The van der Waals surface area contributed by atoms with Gasteiger partial charge in [-0.3, -0.25) is 0 Å². The van der Waals surface area contributed by atoms with E-state index < -0.39 is 6.10 Å². The predicted molar refractivity (Wildman–Crippen MR) is 107 cm³/mol. The molecule has 2 atom stereocenters. The molecule has 0 aliphatic rings. The molecule has 0 fully saturated rings. The van der Waals surface area contributed by atoms with Crippen molar-refractivity contribution in [2.24, 2.45) is 0 Å². The van der Waals surface area contributed by atoms with Gasteiger partial charge in [0.15, 0.2) is 0 Å². The summed E-state index contributed by atoms with van der Waals surface area (Å²) < 4.78 is 6.06. The van der Waals surface area contributed by atoms with Gasteiger partial charge in [0.25, 0.3) is 0 Å². The van der Waals surface area contributed by atoms with E-state index in [4.69, 9.17) is 4.74 Å². The Hall–Kier alpha value is -2.15. The van der Waals surface area contributed by atoms with Crippen molar-refractivity contribution in [1.29, 1.82) is 0 Å². The molecule has 1 N–H and O–H groups in total. The summed E-state index contributed by atoms with van der Waals surface area (Å²) in [4.78, 5) is 0. The van der Waals surface area contributed by atoms with Gasteiger partial charge in [0.1, 0.15) is 12.4 Å². The van der Waals surface area contributed by atoms with Gasteiger partial charge in [0.2, 0.25) is 0 Å². The normalized spacial score (nSPS) is 12.4. The lowest BCUT2D eigenvalue weighted by molar-refractivity contribution is 0.200. The molecule has 0 aliphatic carbocycles. The number of aryl methyl sites for hydroxylation is 1. The third kappa shape index (κ3) is 4.69. The van der Waals surface area contributed by atoms with Crippen molar-refractivity contribution in [3.8, 4) is 5.75 Å². The summed E-state index contributed by atoms with van der Waals surface area (Å²) in [5.74, 6) is 0.904. The molecule has 128 valence electrons. The van der Waals surface area contributed by atoms with E-state index in [2.05, 4.69) is 43.3 Å². The standard InChI is InChI=1S/C22H23O2P/c1-16-12-13-21(19(14-16)17(2)23)25-22-11-7-6-10-20(22)24-15-18-8-4-3-5-9-18/h3-14,17,23,25H,15H2,1-2H3. The monoisotopic (exact) mass is 350 g/mol. The Balaban J connectivity index is 1.82. The van der Waals surface area contributed by atoms with E-state index in [-0.39, 0.29) is 0 Å². The molecule has 0 saturated heterocycles. The average Bonchev–Trinajstić information content (AvgIpc) is 2.63. The van der Waals surface area contributed by atoms with Gasteiger partial charge in [0, 0.05) is 5.30 Å². The van der Waals surface area contributed by atoms with Crippen molar-refractivity contribution < 1.29 is 9.84 Å². The van der Waals surface area contributed by atoms with E-state index in [0.717, 1.165) is 33.0 Å². The summed E-state index contributed by atoms with van der Waals surface area (Å²) in [5, 5.41) is 12.4. The Morgan fingerprint density at radius 3 is 2.40 bits per heavy atom. The third-order valence-electron chi connectivity index (χ3n) is 4.05. The van der Waals surface area contributed by atoms with Gasteiger partial charge in [-0.15, -0.1) is 0 Å². The number of benzene rings is 3. The predicted octanol–water partition coefficient (Wildman–Crippen LogP) is 4.26. The number of hydrogen-bond donors (Lipinski definition) is 1.